The van der Waals surface area contributed by atoms with E-state index in [1.807, 2.05) is 18.2 Å². The molecule has 5 heteroatoms. The molecule has 1 aromatic heterocycles. The number of hydrogen-bond acceptors (Lipinski definition) is 2. The summed E-state index contributed by atoms with van der Waals surface area (Å²) in [7, 11) is 0. The second-order valence-electron chi connectivity index (χ2n) is 4.73. The van der Waals surface area contributed by atoms with Crippen LogP contribution < -0.4 is 5.32 Å². The van der Waals surface area contributed by atoms with E-state index in [9.17, 15) is 4.39 Å². The highest BCUT2D eigenvalue weighted by atomic mass is 35.5. The van der Waals surface area contributed by atoms with Crippen molar-refractivity contribution in [2.75, 3.05) is 6.54 Å². The second kappa shape index (κ2) is 6.53. The van der Waals surface area contributed by atoms with Gasteiger partial charge in [-0.2, -0.15) is 0 Å². The molecule has 1 aliphatic heterocycles. The molecule has 0 aliphatic carbocycles. The van der Waals surface area contributed by atoms with E-state index >= 15 is 0 Å². The van der Waals surface area contributed by atoms with Crippen LogP contribution >= 0.6 is 24.0 Å². The summed E-state index contributed by atoms with van der Waals surface area (Å²) in [4.78, 5) is 4.62. The Morgan fingerprint density at radius 3 is 2.80 bits per heavy atom. The summed E-state index contributed by atoms with van der Waals surface area (Å²) in [5.41, 5.74) is 2.55. The van der Waals surface area contributed by atoms with Crippen molar-refractivity contribution in [2.45, 2.75) is 18.9 Å². The van der Waals surface area contributed by atoms with Gasteiger partial charge in [-0.05, 0) is 43.7 Å². The zero-order chi connectivity index (χ0) is 13.2. The number of nitrogens with zero attached hydrogens (tertiary/aromatic N) is 1. The van der Waals surface area contributed by atoms with E-state index < -0.39 is 5.82 Å². The summed E-state index contributed by atoms with van der Waals surface area (Å²) in [5, 5.41) is 3.55. The maximum Gasteiger partial charge on any atom is 0.142 e. The Morgan fingerprint density at radius 1 is 1.25 bits per heavy atom. The fourth-order valence-corrected chi connectivity index (χ4v) is 2.52. The molecular formula is C15H15Cl2FN2. The van der Waals surface area contributed by atoms with Gasteiger partial charge in [0, 0.05) is 11.6 Å². The topological polar surface area (TPSA) is 24.9 Å². The Morgan fingerprint density at radius 2 is 2.10 bits per heavy atom. The Hall–Kier alpha value is -1.16. The molecule has 0 amide bonds. The van der Waals surface area contributed by atoms with Crippen molar-refractivity contribution < 1.29 is 4.39 Å². The van der Waals surface area contributed by atoms with Crippen molar-refractivity contribution in [3.05, 3.63) is 52.9 Å². The Kier molecular flexibility index (Phi) is 4.97. The molecule has 0 radical (unpaired) electrons. The first-order valence-corrected chi connectivity index (χ1v) is 6.77. The molecule has 1 aromatic carbocycles. The summed E-state index contributed by atoms with van der Waals surface area (Å²) in [6, 6.07) is 11.0. The third-order valence-electron chi connectivity index (χ3n) is 3.40. The predicted molar refractivity (Wildman–Crippen MR) is 81.9 cm³/mol. The standard InChI is InChI=1S/C15H14ClFN2.ClH/c16-11-7-6-10(9-12(11)17)13-3-1-4-15(19-13)14-5-2-8-18-14;/h1,3-4,6-7,9,14,18H,2,5,8H2;1H. The summed E-state index contributed by atoms with van der Waals surface area (Å²) < 4.78 is 13.5. The van der Waals surface area contributed by atoms with Crippen LogP contribution in [0.3, 0.4) is 0 Å². The molecule has 1 saturated heterocycles. The van der Waals surface area contributed by atoms with Gasteiger partial charge < -0.3 is 5.32 Å². The number of benzene rings is 1. The first kappa shape index (κ1) is 15.2. The summed E-state index contributed by atoms with van der Waals surface area (Å²) in [6.07, 6.45) is 2.28. The molecule has 2 heterocycles. The third-order valence-corrected chi connectivity index (χ3v) is 3.71. The van der Waals surface area contributed by atoms with Gasteiger partial charge in [0.25, 0.3) is 0 Å². The van der Waals surface area contributed by atoms with Gasteiger partial charge in [-0.3, -0.25) is 4.98 Å². The molecule has 3 rings (SSSR count). The monoisotopic (exact) mass is 312 g/mol. The first-order valence-electron chi connectivity index (χ1n) is 6.40. The van der Waals surface area contributed by atoms with Crippen LogP contribution in [-0.4, -0.2) is 11.5 Å². The van der Waals surface area contributed by atoms with Crippen molar-refractivity contribution in [1.29, 1.82) is 0 Å². The molecule has 0 bridgehead atoms. The lowest BCUT2D eigenvalue weighted by molar-refractivity contribution is 0.626. The van der Waals surface area contributed by atoms with E-state index in [-0.39, 0.29) is 17.4 Å². The molecule has 2 aromatic rings. The Labute approximate surface area is 128 Å². The van der Waals surface area contributed by atoms with Gasteiger partial charge >= 0.3 is 0 Å². The van der Waals surface area contributed by atoms with E-state index in [0.717, 1.165) is 29.9 Å². The van der Waals surface area contributed by atoms with Gasteiger partial charge in [-0.1, -0.05) is 23.7 Å². The Balaban J connectivity index is 0.00000147. The second-order valence-corrected chi connectivity index (χ2v) is 5.13. The molecule has 2 nitrogen and oxygen atoms in total. The van der Waals surface area contributed by atoms with Gasteiger partial charge in [0.15, 0.2) is 0 Å². The van der Waals surface area contributed by atoms with Crippen molar-refractivity contribution in [3.8, 4) is 11.3 Å². The van der Waals surface area contributed by atoms with Crippen LogP contribution in [0.4, 0.5) is 4.39 Å². The van der Waals surface area contributed by atoms with Gasteiger partial charge in [-0.25, -0.2) is 4.39 Å². The number of rotatable bonds is 2. The molecule has 1 unspecified atom stereocenters. The van der Waals surface area contributed by atoms with E-state index in [0.29, 0.717) is 6.04 Å². The van der Waals surface area contributed by atoms with Gasteiger partial charge in [-0.15, -0.1) is 12.4 Å². The normalized spacial score (nSPS) is 17.8. The average molecular weight is 313 g/mol. The lowest BCUT2D eigenvalue weighted by Crippen LogP contribution is -2.14. The van der Waals surface area contributed by atoms with Gasteiger partial charge in [0.2, 0.25) is 0 Å². The zero-order valence-corrected chi connectivity index (χ0v) is 12.3. The summed E-state index contributed by atoms with van der Waals surface area (Å²) in [5.74, 6) is -0.412. The molecule has 1 N–H and O–H groups in total. The van der Waals surface area contributed by atoms with Gasteiger partial charge in [0.1, 0.15) is 5.82 Å². The molecule has 1 aliphatic rings. The van der Waals surface area contributed by atoms with Crippen LogP contribution in [0.25, 0.3) is 11.3 Å². The lowest BCUT2D eigenvalue weighted by atomic mass is 10.1. The van der Waals surface area contributed by atoms with Crippen molar-refractivity contribution in [1.82, 2.24) is 10.3 Å². The average Bonchev–Trinajstić information content (AvgIpc) is 2.96. The van der Waals surface area contributed by atoms with Crippen LogP contribution in [0, 0.1) is 5.82 Å². The van der Waals surface area contributed by atoms with Gasteiger partial charge in [0.05, 0.1) is 16.4 Å². The van der Waals surface area contributed by atoms with Crippen LogP contribution in [0.2, 0.25) is 5.02 Å². The number of hydrogen-bond donors (Lipinski definition) is 1. The van der Waals surface area contributed by atoms with E-state index in [2.05, 4.69) is 10.3 Å². The molecular weight excluding hydrogens is 298 g/mol. The number of nitrogens with one attached hydrogen (secondary N) is 1. The van der Waals surface area contributed by atoms with Crippen LogP contribution in [0.15, 0.2) is 36.4 Å². The quantitative estimate of drug-likeness (QED) is 0.889. The fraction of sp³-hybridized carbons (Fsp3) is 0.267. The van der Waals surface area contributed by atoms with Crippen LogP contribution in [0.5, 0.6) is 0 Å². The highest BCUT2D eigenvalue weighted by Crippen LogP contribution is 2.26. The lowest BCUT2D eigenvalue weighted by Gasteiger charge is -2.11. The van der Waals surface area contributed by atoms with Crippen molar-refractivity contribution >= 4 is 24.0 Å². The van der Waals surface area contributed by atoms with E-state index in [1.165, 1.54) is 12.5 Å². The van der Waals surface area contributed by atoms with E-state index in [4.69, 9.17) is 11.6 Å². The molecule has 20 heavy (non-hydrogen) atoms. The molecule has 0 saturated carbocycles. The third kappa shape index (κ3) is 3.11. The van der Waals surface area contributed by atoms with Crippen LogP contribution in [-0.2, 0) is 0 Å². The van der Waals surface area contributed by atoms with Crippen molar-refractivity contribution in [2.24, 2.45) is 0 Å². The van der Waals surface area contributed by atoms with E-state index in [1.54, 1.807) is 12.1 Å². The minimum absolute atomic E-state index is 0. The smallest absolute Gasteiger partial charge is 0.142 e. The molecule has 1 atom stereocenters. The molecule has 1 fully saturated rings. The minimum atomic E-state index is -0.412. The predicted octanol–water partition coefficient (Wildman–Crippen LogP) is 4.39. The Bertz CT molecular complexity index is 598. The number of pyridine rings is 1. The maximum absolute atomic E-state index is 13.5. The van der Waals surface area contributed by atoms with Crippen molar-refractivity contribution in [3.63, 3.8) is 0 Å². The first-order chi connectivity index (χ1) is 9.24. The summed E-state index contributed by atoms with van der Waals surface area (Å²) in [6.45, 7) is 1.03. The largest absolute Gasteiger partial charge is 0.309 e. The number of aromatic nitrogens is 1. The van der Waals surface area contributed by atoms with Crippen LogP contribution in [0.1, 0.15) is 24.6 Å². The molecule has 106 valence electrons. The fourth-order valence-electron chi connectivity index (χ4n) is 2.40. The highest BCUT2D eigenvalue weighted by Gasteiger charge is 2.17. The maximum atomic E-state index is 13.5. The highest BCUT2D eigenvalue weighted by molar-refractivity contribution is 6.30. The molecule has 0 spiro atoms. The zero-order valence-electron chi connectivity index (χ0n) is 10.8. The number of halogens is 3. The SMILES string of the molecule is Cl.Fc1cc(-c2cccc(C3CCCN3)n2)ccc1Cl. The minimum Gasteiger partial charge on any atom is -0.309 e. The summed E-state index contributed by atoms with van der Waals surface area (Å²) >= 11 is 5.70.